The van der Waals surface area contributed by atoms with Gasteiger partial charge in [0.2, 0.25) is 0 Å². The highest BCUT2D eigenvalue weighted by molar-refractivity contribution is 7.97. The Balaban J connectivity index is 2.36. The van der Waals surface area contributed by atoms with Crippen LogP contribution in [-0.2, 0) is 19.0 Å². The van der Waals surface area contributed by atoms with Crippen LogP contribution in [0, 0.1) is 0 Å². The minimum atomic E-state index is -2.83. The molecule has 0 aliphatic heterocycles. The van der Waals surface area contributed by atoms with Crippen LogP contribution < -0.4 is 21.6 Å². The lowest BCUT2D eigenvalue weighted by atomic mass is 9.91. The lowest BCUT2D eigenvalue weighted by Crippen LogP contribution is -2.38. The van der Waals surface area contributed by atoms with Gasteiger partial charge in [0.25, 0.3) is 7.48 Å². The van der Waals surface area contributed by atoms with Crippen LogP contribution in [-0.4, -0.2) is 37.9 Å². The van der Waals surface area contributed by atoms with Crippen molar-refractivity contribution in [1.82, 2.24) is 0 Å². The fourth-order valence-electron chi connectivity index (χ4n) is 4.12. The van der Waals surface area contributed by atoms with E-state index >= 15 is 0 Å². The average Bonchev–Trinajstić information content (AvgIpc) is 2.88. The van der Waals surface area contributed by atoms with E-state index < -0.39 is 12.9 Å². The number of rotatable bonds is 12. The number of ketones is 1. The van der Waals surface area contributed by atoms with Crippen LogP contribution in [0.5, 0.6) is 0 Å². The van der Waals surface area contributed by atoms with E-state index in [9.17, 15) is 9.59 Å². The number of carbonyl (C=O) groups is 2. The number of nitrogens with two attached hydrogens (primary N) is 1. The molecule has 0 bridgehead atoms. The topological polar surface area (TPSA) is 78.6 Å². The zero-order valence-electron chi connectivity index (χ0n) is 19.6. The summed E-state index contributed by atoms with van der Waals surface area (Å²) in [5.41, 5.74) is 5.39. The molecule has 0 fully saturated rings. The summed E-state index contributed by atoms with van der Waals surface area (Å²) >= 11 is 0. The molecule has 7 heteroatoms. The van der Waals surface area contributed by atoms with E-state index in [4.69, 9.17) is 15.1 Å². The molecule has 0 aliphatic carbocycles. The van der Waals surface area contributed by atoms with Gasteiger partial charge < -0.3 is 15.1 Å². The number of hydrogen-bond acceptors (Lipinski definition) is 5. The van der Waals surface area contributed by atoms with Crippen LogP contribution in [0.4, 0.5) is 0 Å². The fourth-order valence-corrected chi connectivity index (χ4v) is 8.47. The number of ether oxygens (including phenoxy) is 1. The average molecular weight is 475 g/mol. The zero-order chi connectivity index (χ0) is 24.2. The number of hydrogen-bond donors (Lipinski definition) is 1. The zero-order valence-corrected chi connectivity index (χ0v) is 20.5. The highest BCUT2D eigenvalue weighted by Gasteiger charge is 2.37. The largest absolute Gasteiger partial charge is 0.462 e. The van der Waals surface area contributed by atoms with Crippen molar-refractivity contribution in [2.24, 2.45) is 5.73 Å². The normalized spacial score (nSPS) is 11.0. The predicted octanol–water partition coefficient (Wildman–Crippen LogP) is 2.77. The van der Waals surface area contributed by atoms with Crippen molar-refractivity contribution < 1.29 is 19.0 Å². The van der Waals surface area contributed by atoms with Crippen molar-refractivity contribution >= 4 is 47.3 Å². The van der Waals surface area contributed by atoms with Crippen LogP contribution in [0.2, 0.25) is 6.32 Å². The first kappa shape index (κ1) is 25.7. The molecule has 0 aliphatic rings. The Kier molecular flexibility index (Phi) is 9.90. The molecule has 0 saturated heterocycles. The number of Topliss-reactive ketones (excluding diaryl/α,β-unsaturated/α-hetero) is 1. The van der Waals surface area contributed by atoms with Gasteiger partial charge in [0.15, 0.2) is 5.78 Å². The standard InChI is InChI=1S/C27H31BNO4P/c1-2-32-27(31)26(25(30)19-12-20-28-33-21-29)34(22-13-6-3-7-14-22,23-15-8-4-9-16-23)24-17-10-5-11-18-24/h3-11,13-18,28H,2,12,19-21,29H2,1H3. The van der Waals surface area contributed by atoms with Crippen molar-refractivity contribution in [2.75, 3.05) is 13.3 Å². The third-order valence-corrected chi connectivity index (χ3v) is 9.88. The monoisotopic (exact) mass is 475 g/mol. The Hall–Kier alpha value is -2.92. The molecule has 0 radical (unpaired) electrons. The summed E-state index contributed by atoms with van der Waals surface area (Å²) in [6.07, 6.45) is 1.52. The van der Waals surface area contributed by atoms with Gasteiger partial charge in [-0.1, -0.05) is 104 Å². The Labute approximate surface area is 202 Å². The highest BCUT2D eigenvalue weighted by atomic mass is 31.2. The lowest BCUT2D eigenvalue weighted by molar-refractivity contribution is -0.135. The van der Waals surface area contributed by atoms with E-state index in [0.717, 1.165) is 15.9 Å². The Morgan fingerprint density at radius 2 is 1.29 bits per heavy atom. The molecular weight excluding hydrogens is 444 g/mol. The van der Waals surface area contributed by atoms with Crippen LogP contribution in [0.25, 0.3) is 0 Å². The lowest BCUT2D eigenvalue weighted by Gasteiger charge is -2.31. The molecule has 34 heavy (non-hydrogen) atoms. The van der Waals surface area contributed by atoms with Crippen LogP contribution >= 0.6 is 6.89 Å². The second kappa shape index (κ2) is 13.1. The van der Waals surface area contributed by atoms with E-state index in [2.05, 4.69) is 0 Å². The SMILES string of the molecule is CCOC(=O)C(C(=O)CCCBOCN)=P(c1ccccc1)(c1ccccc1)c1ccccc1. The van der Waals surface area contributed by atoms with Crippen molar-refractivity contribution in [3.05, 3.63) is 91.0 Å². The third kappa shape index (κ3) is 5.76. The molecule has 176 valence electrons. The van der Waals surface area contributed by atoms with Crippen LogP contribution in [0.15, 0.2) is 91.0 Å². The Morgan fingerprint density at radius 3 is 1.71 bits per heavy atom. The molecule has 0 atom stereocenters. The molecule has 3 rings (SSSR count). The number of esters is 1. The molecule has 2 N–H and O–H groups in total. The van der Waals surface area contributed by atoms with E-state index in [1.807, 2.05) is 91.0 Å². The Morgan fingerprint density at radius 1 is 0.824 bits per heavy atom. The van der Waals surface area contributed by atoms with Gasteiger partial charge in [-0.15, -0.1) is 0 Å². The van der Waals surface area contributed by atoms with Crippen molar-refractivity contribution in [3.63, 3.8) is 0 Å². The van der Waals surface area contributed by atoms with Crippen molar-refractivity contribution in [3.8, 4) is 0 Å². The summed E-state index contributed by atoms with van der Waals surface area (Å²) in [6.45, 7) is -0.719. The summed E-state index contributed by atoms with van der Waals surface area (Å²) in [5, 5.41) is 3.05. The molecule has 3 aromatic carbocycles. The summed E-state index contributed by atoms with van der Waals surface area (Å²) in [5.74, 6) is -0.730. The minimum Gasteiger partial charge on any atom is -0.462 e. The predicted molar refractivity (Wildman–Crippen MR) is 143 cm³/mol. The van der Waals surface area contributed by atoms with E-state index in [0.29, 0.717) is 20.2 Å². The maximum absolute atomic E-state index is 13.9. The summed E-state index contributed by atoms with van der Waals surface area (Å²) in [4.78, 5) is 27.5. The molecule has 5 nitrogen and oxygen atoms in total. The summed E-state index contributed by atoms with van der Waals surface area (Å²) in [6, 6.07) is 29.6. The van der Waals surface area contributed by atoms with Crippen LogP contribution in [0.1, 0.15) is 19.8 Å². The fraction of sp³-hybridized carbons (Fsp3) is 0.222. The first-order chi connectivity index (χ1) is 16.7. The smallest absolute Gasteiger partial charge is 0.342 e. The molecule has 0 spiro atoms. The second-order valence-electron chi connectivity index (χ2n) is 7.70. The van der Waals surface area contributed by atoms with Gasteiger partial charge in [0.1, 0.15) is 5.29 Å². The first-order valence-corrected chi connectivity index (χ1v) is 13.4. The number of benzene rings is 3. The molecular formula is C27H31BNO4P. The maximum Gasteiger partial charge on any atom is 0.342 e. The molecule has 3 aromatic rings. The van der Waals surface area contributed by atoms with Crippen molar-refractivity contribution in [1.29, 1.82) is 0 Å². The van der Waals surface area contributed by atoms with Gasteiger partial charge in [0, 0.05) is 6.42 Å². The first-order valence-electron chi connectivity index (χ1n) is 11.6. The summed E-state index contributed by atoms with van der Waals surface area (Å²) in [7, 11) is 0.481. The van der Waals surface area contributed by atoms with E-state index in [1.54, 1.807) is 6.92 Å². The highest BCUT2D eigenvalue weighted by Crippen LogP contribution is 2.46. The van der Waals surface area contributed by atoms with Gasteiger partial charge in [-0.2, -0.15) is 0 Å². The second-order valence-corrected chi connectivity index (χ2v) is 11.0. The Bertz CT molecular complexity index is 1020. The third-order valence-electron chi connectivity index (χ3n) is 5.56. The van der Waals surface area contributed by atoms with Crippen LogP contribution in [0.3, 0.4) is 0 Å². The quantitative estimate of drug-likeness (QED) is 0.109. The van der Waals surface area contributed by atoms with E-state index in [-0.39, 0.29) is 30.8 Å². The summed E-state index contributed by atoms with van der Waals surface area (Å²) < 4.78 is 10.7. The number of carbonyl (C=O) groups excluding carboxylic acids is 2. The molecule has 0 amide bonds. The molecule has 0 aromatic heterocycles. The molecule has 0 saturated carbocycles. The van der Waals surface area contributed by atoms with Gasteiger partial charge in [0.05, 0.1) is 13.3 Å². The van der Waals surface area contributed by atoms with Crippen molar-refractivity contribution in [2.45, 2.75) is 26.1 Å². The van der Waals surface area contributed by atoms with Gasteiger partial charge in [-0.25, -0.2) is 4.79 Å². The molecule has 0 unspecified atom stereocenters. The minimum absolute atomic E-state index is 0.152. The van der Waals surface area contributed by atoms with E-state index in [1.165, 1.54) is 0 Å². The van der Waals surface area contributed by atoms with Gasteiger partial charge >= 0.3 is 5.97 Å². The maximum atomic E-state index is 13.9. The van der Waals surface area contributed by atoms with Gasteiger partial charge in [-0.3, -0.25) is 4.79 Å². The molecule has 0 heterocycles. The van der Waals surface area contributed by atoms with Gasteiger partial charge in [-0.05, 0) is 29.7 Å².